The standard InChI is InChI=1S/C13H15NO4/c15-11-3-1-9(2-4-11)7-10-8-18-12(14-10)5-6-13(16)17/h1-4,10,15H,5-8H2,(H,16,17). The van der Waals surface area contributed by atoms with Gasteiger partial charge in [0.05, 0.1) is 12.5 Å². The summed E-state index contributed by atoms with van der Waals surface area (Å²) in [6.45, 7) is 0.496. The molecule has 1 aromatic carbocycles. The molecule has 1 aliphatic rings. The molecule has 0 fully saturated rings. The predicted octanol–water partition coefficient (Wildman–Crippen LogP) is 1.60. The van der Waals surface area contributed by atoms with Crippen LogP contribution in [0.4, 0.5) is 0 Å². The van der Waals surface area contributed by atoms with Crippen LogP contribution in [-0.4, -0.2) is 34.7 Å². The van der Waals surface area contributed by atoms with E-state index < -0.39 is 5.97 Å². The van der Waals surface area contributed by atoms with Crippen LogP contribution in [0.2, 0.25) is 0 Å². The Morgan fingerprint density at radius 3 is 2.78 bits per heavy atom. The molecule has 18 heavy (non-hydrogen) atoms. The number of carboxylic acid groups (broad SMARTS) is 1. The van der Waals surface area contributed by atoms with Crippen molar-refractivity contribution in [3.8, 4) is 5.75 Å². The smallest absolute Gasteiger partial charge is 0.303 e. The van der Waals surface area contributed by atoms with Crippen molar-refractivity contribution < 1.29 is 19.7 Å². The molecular weight excluding hydrogens is 234 g/mol. The second kappa shape index (κ2) is 5.53. The number of phenols is 1. The molecule has 0 saturated carbocycles. The Hall–Kier alpha value is -2.04. The van der Waals surface area contributed by atoms with Crippen LogP contribution < -0.4 is 0 Å². The first-order valence-corrected chi connectivity index (χ1v) is 5.82. The first-order valence-electron chi connectivity index (χ1n) is 5.82. The van der Waals surface area contributed by atoms with Gasteiger partial charge in [0, 0.05) is 6.42 Å². The van der Waals surface area contributed by atoms with E-state index in [1.165, 1.54) is 0 Å². The number of phenolic OH excluding ortho intramolecular Hbond substituents is 1. The van der Waals surface area contributed by atoms with Crippen LogP contribution in [0.15, 0.2) is 29.3 Å². The highest BCUT2D eigenvalue weighted by molar-refractivity contribution is 5.81. The Balaban J connectivity index is 1.88. The average Bonchev–Trinajstić information content (AvgIpc) is 2.77. The lowest BCUT2D eigenvalue weighted by Crippen LogP contribution is -2.09. The lowest BCUT2D eigenvalue weighted by atomic mass is 10.1. The number of aliphatic imine (C=N–C) groups is 1. The Morgan fingerprint density at radius 2 is 2.11 bits per heavy atom. The summed E-state index contributed by atoms with van der Waals surface area (Å²) < 4.78 is 5.35. The fourth-order valence-electron chi connectivity index (χ4n) is 1.83. The van der Waals surface area contributed by atoms with Gasteiger partial charge in [-0.1, -0.05) is 12.1 Å². The van der Waals surface area contributed by atoms with Gasteiger partial charge in [0.15, 0.2) is 5.90 Å². The average molecular weight is 249 g/mol. The normalized spacial score (nSPS) is 18.2. The van der Waals surface area contributed by atoms with Gasteiger partial charge < -0.3 is 14.9 Å². The lowest BCUT2D eigenvalue weighted by molar-refractivity contribution is -0.136. The van der Waals surface area contributed by atoms with Crippen molar-refractivity contribution >= 4 is 11.9 Å². The maximum absolute atomic E-state index is 10.4. The van der Waals surface area contributed by atoms with Crippen LogP contribution in [0.3, 0.4) is 0 Å². The number of hydrogen-bond donors (Lipinski definition) is 2. The third kappa shape index (κ3) is 3.48. The zero-order valence-electron chi connectivity index (χ0n) is 9.87. The number of hydrogen-bond acceptors (Lipinski definition) is 4. The molecule has 1 heterocycles. The van der Waals surface area contributed by atoms with Gasteiger partial charge in [-0.05, 0) is 24.1 Å². The monoisotopic (exact) mass is 249 g/mol. The highest BCUT2D eigenvalue weighted by Crippen LogP contribution is 2.16. The summed E-state index contributed by atoms with van der Waals surface area (Å²) in [5, 5.41) is 17.7. The Bertz CT molecular complexity index is 453. The van der Waals surface area contributed by atoms with Crippen LogP contribution in [0.1, 0.15) is 18.4 Å². The summed E-state index contributed by atoms with van der Waals surface area (Å²) >= 11 is 0. The first-order chi connectivity index (χ1) is 8.63. The molecule has 0 aliphatic carbocycles. The van der Waals surface area contributed by atoms with Gasteiger partial charge in [0.2, 0.25) is 0 Å². The number of ether oxygens (including phenoxy) is 1. The van der Waals surface area contributed by atoms with Crippen molar-refractivity contribution in [1.29, 1.82) is 0 Å². The summed E-state index contributed by atoms with van der Waals surface area (Å²) in [5.74, 6) is -0.0727. The second-order valence-electron chi connectivity index (χ2n) is 4.25. The molecule has 0 spiro atoms. The van der Waals surface area contributed by atoms with Crippen molar-refractivity contribution in [2.24, 2.45) is 4.99 Å². The highest BCUT2D eigenvalue weighted by atomic mass is 16.5. The third-order valence-corrected chi connectivity index (χ3v) is 2.73. The van der Waals surface area contributed by atoms with Crippen molar-refractivity contribution in [2.45, 2.75) is 25.3 Å². The van der Waals surface area contributed by atoms with Crippen LogP contribution in [0, 0.1) is 0 Å². The Morgan fingerprint density at radius 1 is 1.39 bits per heavy atom. The van der Waals surface area contributed by atoms with E-state index in [1.807, 2.05) is 12.1 Å². The molecule has 0 bridgehead atoms. The summed E-state index contributed by atoms with van der Waals surface area (Å²) in [7, 11) is 0. The minimum Gasteiger partial charge on any atom is -0.508 e. The molecule has 0 aromatic heterocycles. The van der Waals surface area contributed by atoms with E-state index in [2.05, 4.69) is 4.99 Å². The molecule has 0 saturated heterocycles. The van der Waals surface area contributed by atoms with E-state index in [4.69, 9.17) is 9.84 Å². The van der Waals surface area contributed by atoms with Gasteiger partial charge in [-0.3, -0.25) is 4.79 Å². The fourth-order valence-corrected chi connectivity index (χ4v) is 1.83. The lowest BCUT2D eigenvalue weighted by Gasteiger charge is -2.04. The number of benzene rings is 1. The Kier molecular flexibility index (Phi) is 3.82. The number of rotatable bonds is 5. The van der Waals surface area contributed by atoms with Crippen molar-refractivity contribution in [3.05, 3.63) is 29.8 Å². The molecule has 0 radical (unpaired) electrons. The van der Waals surface area contributed by atoms with E-state index in [1.54, 1.807) is 12.1 Å². The molecule has 2 rings (SSSR count). The van der Waals surface area contributed by atoms with Crippen molar-refractivity contribution in [2.75, 3.05) is 6.61 Å². The number of aromatic hydroxyl groups is 1. The van der Waals surface area contributed by atoms with Gasteiger partial charge in [0.25, 0.3) is 0 Å². The molecule has 2 N–H and O–H groups in total. The summed E-state index contributed by atoms with van der Waals surface area (Å²) in [4.78, 5) is 14.8. The molecule has 0 amide bonds. The third-order valence-electron chi connectivity index (χ3n) is 2.73. The molecule has 1 aromatic rings. The van der Waals surface area contributed by atoms with Crippen molar-refractivity contribution in [3.63, 3.8) is 0 Å². The predicted molar refractivity (Wildman–Crippen MR) is 65.9 cm³/mol. The van der Waals surface area contributed by atoms with E-state index in [0.717, 1.165) is 12.0 Å². The summed E-state index contributed by atoms with van der Waals surface area (Å²) in [5.41, 5.74) is 1.07. The highest BCUT2D eigenvalue weighted by Gasteiger charge is 2.19. The van der Waals surface area contributed by atoms with Gasteiger partial charge in [0.1, 0.15) is 12.4 Å². The first kappa shape index (κ1) is 12.4. The molecule has 5 nitrogen and oxygen atoms in total. The zero-order chi connectivity index (χ0) is 13.0. The minimum absolute atomic E-state index is 0.0401. The number of carbonyl (C=O) groups is 1. The molecule has 1 unspecified atom stereocenters. The van der Waals surface area contributed by atoms with Gasteiger partial charge >= 0.3 is 5.97 Å². The van der Waals surface area contributed by atoms with E-state index in [0.29, 0.717) is 18.9 Å². The van der Waals surface area contributed by atoms with Gasteiger partial charge in [-0.15, -0.1) is 0 Å². The Labute approximate surface area is 105 Å². The topological polar surface area (TPSA) is 79.1 Å². The van der Waals surface area contributed by atoms with E-state index >= 15 is 0 Å². The molecule has 5 heteroatoms. The molecule has 1 aliphatic heterocycles. The quantitative estimate of drug-likeness (QED) is 0.830. The number of aliphatic carboxylic acids is 1. The summed E-state index contributed by atoms with van der Waals surface area (Å²) in [6.07, 6.45) is 1.13. The van der Waals surface area contributed by atoms with E-state index in [-0.39, 0.29) is 18.2 Å². The largest absolute Gasteiger partial charge is 0.508 e. The molecule has 1 atom stereocenters. The number of carboxylic acids is 1. The van der Waals surface area contributed by atoms with Crippen LogP contribution >= 0.6 is 0 Å². The van der Waals surface area contributed by atoms with Crippen LogP contribution in [0.25, 0.3) is 0 Å². The molecular formula is C13H15NO4. The maximum Gasteiger partial charge on any atom is 0.303 e. The maximum atomic E-state index is 10.4. The van der Waals surface area contributed by atoms with Crippen molar-refractivity contribution in [1.82, 2.24) is 0 Å². The zero-order valence-corrected chi connectivity index (χ0v) is 9.87. The van der Waals surface area contributed by atoms with Gasteiger partial charge in [-0.2, -0.15) is 0 Å². The SMILES string of the molecule is O=C(O)CCC1=NC(Cc2ccc(O)cc2)CO1. The van der Waals surface area contributed by atoms with E-state index in [9.17, 15) is 9.90 Å². The molecule has 96 valence electrons. The second-order valence-corrected chi connectivity index (χ2v) is 4.25. The fraction of sp³-hybridized carbons (Fsp3) is 0.385. The minimum atomic E-state index is -0.844. The summed E-state index contributed by atoms with van der Waals surface area (Å²) in [6, 6.07) is 7.01. The van der Waals surface area contributed by atoms with Crippen LogP contribution in [0.5, 0.6) is 5.75 Å². The van der Waals surface area contributed by atoms with Crippen LogP contribution in [-0.2, 0) is 16.0 Å². The number of nitrogens with zero attached hydrogens (tertiary/aromatic N) is 1. The van der Waals surface area contributed by atoms with Gasteiger partial charge in [-0.25, -0.2) is 4.99 Å².